The van der Waals surface area contributed by atoms with Gasteiger partial charge in [0.2, 0.25) is 0 Å². The molecule has 111 heavy (non-hydrogen) atoms. The van der Waals surface area contributed by atoms with Crippen LogP contribution in [0.15, 0.2) is 247 Å². The maximum absolute atomic E-state index is 3.11. The molecule has 4 heterocycles. The van der Waals surface area contributed by atoms with Crippen molar-refractivity contribution in [2.75, 3.05) is 9.80 Å². The molecule has 0 saturated carbocycles. The van der Waals surface area contributed by atoms with E-state index in [0.717, 1.165) is 38.5 Å². The Bertz CT molecular complexity index is 5790. The summed E-state index contributed by atoms with van der Waals surface area (Å²) in [5.41, 5.74) is 36.0. The van der Waals surface area contributed by atoms with E-state index in [9.17, 15) is 0 Å². The topological polar surface area (TPSA) is 16.3 Å². The lowest BCUT2D eigenvalue weighted by Gasteiger charge is -2.53. The van der Waals surface area contributed by atoms with E-state index in [4.69, 9.17) is 0 Å². The van der Waals surface area contributed by atoms with E-state index in [1.165, 1.54) is 241 Å². The zero-order chi connectivity index (χ0) is 74.8. The summed E-state index contributed by atoms with van der Waals surface area (Å²) in [4.78, 5) is 6.20. The molecule has 2 aliphatic heterocycles. The summed E-state index contributed by atoms with van der Waals surface area (Å²) in [6.45, 7) is 19.9. The molecule has 4 nitrogen and oxygen atoms in total. The molecule has 6 atom stereocenters. The second-order valence-corrected chi connectivity index (χ2v) is 38.3. The van der Waals surface area contributed by atoms with E-state index in [0.29, 0.717) is 23.7 Å². The smallest absolute Gasteiger partial charge is 0.252 e. The van der Waals surface area contributed by atoms with Gasteiger partial charge >= 0.3 is 0 Å². The van der Waals surface area contributed by atoms with E-state index in [1.54, 1.807) is 22.3 Å². The molecule has 5 heteroatoms. The molecule has 0 amide bonds. The Morgan fingerprint density at radius 1 is 0.333 bits per heavy atom. The quantitative estimate of drug-likeness (QED) is 0.100. The predicted molar refractivity (Wildman–Crippen MR) is 474 cm³/mol. The maximum Gasteiger partial charge on any atom is 0.252 e. The van der Waals surface area contributed by atoms with Crippen molar-refractivity contribution < 1.29 is 0 Å². The number of nitrogens with zero attached hydrogens (tertiary/aromatic N) is 4. The predicted octanol–water partition coefficient (Wildman–Crippen LogP) is 26.5. The third kappa shape index (κ3) is 11.3. The van der Waals surface area contributed by atoms with Crippen molar-refractivity contribution in [1.82, 2.24) is 9.13 Å². The highest BCUT2D eigenvalue weighted by molar-refractivity contribution is 7.00. The van der Waals surface area contributed by atoms with Crippen LogP contribution < -0.4 is 26.2 Å². The monoisotopic (exact) mass is 1450 g/mol. The highest BCUT2D eigenvalue weighted by Crippen LogP contribution is 2.56. The first kappa shape index (κ1) is 69.6. The van der Waals surface area contributed by atoms with Gasteiger partial charge in [-0.25, -0.2) is 0 Å². The first-order chi connectivity index (χ1) is 54.0. The van der Waals surface area contributed by atoms with Crippen LogP contribution in [-0.4, -0.2) is 27.9 Å². The van der Waals surface area contributed by atoms with Gasteiger partial charge in [-0.2, -0.15) is 0 Å². The Morgan fingerprint density at radius 2 is 0.766 bits per heavy atom. The molecule has 0 radical (unpaired) electrons. The highest BCUT2D eigenvalue weighted by atomic mass is 15.2. The Labute approximate surface area is 660 Å². The molecule has 2 aromatic heterocycles. The van der Waals surface area contributed by atoms with Crippen molar-refractivity contribution in [3.05, 3.63) is 269 Å². The van der Waals surface area contributed by atoms with Crippen LogP contribution in [0.3, 0.4) is 0 Å². The SMILES string of the molecule is CC1(C)CCC(C)(C)c2cc(-c3cc4c5c(c3)N(C3C(C6CC=CCC6)=CCCC3C3=CCCCC3)c3cc(-n6c7ccccc7c7ccccc76)ccc3B5c3ccc(-c5ccc6c(c5)c5ccccc5n6-c5ccc6c(c5)C(C)(C)CCC6(C)C)cc3N4C3C(C4CC=CCC4)=CCCC3C3=CCCCC3)ccc21. The van der Waals surface area contributed by atoms with E-state index in [1.807, 2.05) is 0 Å². The molecule has 0 N–H and O–H groups in total. The van der Waals surface area contributed by atoms with Crippen LogP contribution >= 0.6 is 0 Å². The summed E-state index contributed by atoms with van der Waals surface area (Å²) in [7, 11) is 0. The van der Waals surface area contributed by atoms with E-state index >= 15 is 0 Å². The molecule has 9 aromatic carbocycles. The number of para-hydroxylation sites is 3. The van der Waals surface area contributed by atoms with Gasteiger partial charge in [-0.3, -0.25) is 0 Å². The minimum atomic E-state index is -0.0550. The first-order valence-electron chi connectivity index (χ1n) is 43.5. The molecule has 558 valence electrons. The molecule has 6 unspecified atom stereocenters. The molecule has 0 spiro atoms. The van der Waals surface area contributed by atoms with Crippen molar-refractivity contribution in [3.63, 3.8) is 0 Å². The normalized spacial score (nSPS) is 24.2. The average Bonchev–Trinajstić information content (AvgIpc) is 1.20. The Hall–Kier alpha value is -9.32. The fraction of sp³-hybridized carbons (Fsp3) is 0.377. The summed E-state index contributed by atoms with van der Waals surface area (Å²) < 4.78 is 5.20. The summed E-state index contributed by atoms with van der Waals surface area (Å²) >= 11 is 0. The molecular weight excluding hydrogens is 1340 g/mol. The van der Waals surface area contributed by atoms with E-state index in [-0.39, 0.29) is 40.5 Å². The van der Waals surface area contributed by atoms with Gasteiger partial charge in [0, 0.05) is 67.5 Å². The minimum Gasteiger partial charge on any atom is -0.334 e. The highest BCUT2D eigenvalue weighted by Gasteiger charge is 2.52. The third-order valence-corrected chi connectivity index (χ3v) is 30.1. The first-order valence-corrected chi connectivity index (χ1v) is 43.5. The molecule has 21 rings (SSSR count). The summed E-state index contributed by atoms with van der Waals surface area (Å²) in [6, 6.07) is 72.2. The van der Waals surface area contributed by atoms with Crippen LogP contribution in [0.25, 0.3) is 77.2 Å². The van der Waals surface area contributed by atoms with Gasteiger partial charge in [0.1, 0.15) is 0 Å². The summed E-state index contributed by atoms with van der Waals surface area (Å²) in [5.74, 6) is 1.68. The molecular formula is C106H111BN4. The van der Waals surface area contributed by atoms with Gasteiger partial charge in [-0.15, -0.1) is 0 Å². The lowest BCUT2D eigenvalue weighted by Crippen LogP contribution is -2.65. The molecule has 0 saturated heterocycles. The number of aromatic nitrogens is 2. The molecule has 11 aromatic rings. The lowest BCUT2D eigenvalue weighted by molar-refractivity contribution is 0.332. The lowest BCUT2D eigenvalue weighted by atomic mass is 9.33. The zero-order valence-electron chi connectivity index (χ0n) is 67.2. The molecule has 8 aliphatic carbocycles. The van der Waals surface area contributed by atoms with Gasteiger partial charge < -0.3 is 18.9 Å². The fourth-order valence-electron chi connectivity index (χ4n) is 24.0. The number of hydrogen-bond acceptors (Lipinski definition) is 2. The number of fused-ring (bicyclic) bond motifs is 12. The van der Waals surface area contributed by atoms with E-state index < -0.39 is 0 Å². The zero-order valence-corrected chi connectivity index (χ0v) is 67.2. The van der Waals surface area contributed by atoms with Crippen LogP contribution in [0.1, 0.15) is 219 Å². The van der Waals surface area contributed by atoms with Crippen LogP contribution in [0.5, 0.6) is 0 Å². The second-order valence-electron chi connectivity index (χ2n) is 38.3. The maximum atomic E-state index is 3.11. The van der Waals surface area contributed by atoms with Crippen molar-refractivity contribution in [3.8, 4) is 33.6 Å². The largest absolute Gasteiger partial charge is 0.334 e. The molecule has 0 bridgehead atoms. The summed E-state index contributed by atoms with van der Waals surface area (Å²) in [5, 5.41) is 5.22. The van der Waals surface area contributed by atoms with Crippen LogP contribution in [0.4, 0.5) is 22.7 Å². The third-order valence-electron chi connectivity index (χ3n) is 30.1. The van der Waals surface area contributed by atoms with Crippen molar-refractivity contribution in [2.24, 2.45) is 23.7 Å². The number of hydrogen-bond donors (Lipinski definition) is 0. The molecule has 10 aliphatic rings. The number of rotatable bonds is 10. The van der Waals surface area contributed by atoms with Crippen molar-refractivity contribution >= 4 is 89.5 Å². The summed E-state index contributed by atoms with van der Waals surface area (Å²) in [6.07, 6.45) is 47.2. The van der Waals surface area contributed by atoms with Crippen LogP contribution in [0.2, 0.25) is 0 Å². The number of allylic oxidation sites excluding steroid dienone is 8. The molecule has 0 fully saturated rings. The number of benzene rings is 9. The fourth-order valence-corrected chi connectivity index (χ4v) is 24.0. The van der Waals surface area contributed by atoms with Gasteiger partial charge in [0.15, 0.2) is 0 Å². The van der Waals surface area contributed by atoms with Crippen LogP contribution in [0, 0.1) is 23.7 Å². The van der Waals surface area contributed by atoms with Gasteiger partial charge in [0.25, 0.3) is 6.71 Å². The average molecular weight is 1450 g/mol. The van der Waals surface area contributed by atoms with Crippen molar-refractivity contribution in [2.45, 2.75) is 230 Å². The van der Waals surface area contributed by atoms with Crippen molar-refractivity contribution in [1.29, 1.82) is 0 Å². The van der Waals surface area contributed by atoms with E-state index in [2.05, 4.69) is 299 Å². The van der Waals surface area contributed by atoms with Gasteiger partial charge in [-0.05, 0) is 320 Å². The second kappa shape index (κ2) is 26.7. The standard InChI is InChI=1S/C106H111BN4/c1-103(2)57-59-105(5,6)88-62-73(47-52-86(88)103)75-64-98-100-99(65-75)111(102-80(70-33-17-11-18-34-70)42-28-43-81(102)71-35-19-12-20-36-71)97-67-77(109-92-44-24-21-37-82(92)83-38-22-25-45-93(83)109)51-55-91(97)107(100)90-54-48-74(63-96(90)110(98)101-78(68-29-13-9-14-30-68)40-27-41-79(101)69-31-15-10-16-32-69)72-49-56-95-85(61-72)84-39-23-26-46-94(84)108(95)76-50-53-87-89(66-76)106(7,8)60-58-104(87,3)4/h9,11,13,17,21-26,31,35,37-40,42,44-56,61-68,70,79,81,101-102H,10,12,14-16,18-20,27-30,32-34,36,41,43,57-60H2,1-8H3. The Kier molecular flexibility index (Phi) is 16.7. The Morgan fingerprint density at radius 3 is 1.30 bits per heavy atom. The minimum absolute atomic E-state index is 0.0337. The number of anilines is 4. The Balaban J connectivity index is 0.860. The van der Waals surface area contributed by atoms with Gasteiger partial charge in [0.05, 0.1) is 34.2 Å². The van der Waals surface area contributed by atoms with Crippen LogP contribution in [-0.2, 0) is 21.7 Å². The van der Waals surface area contributed by atoms with Gasteiger partial charge in [-0.1, -0.05) is 218 Å².